The fourth-order valence-electron chi connectivity index (χ4n) is 3.32. The number of ether oxygens (including phenoxy) is 1. The lowest BCUT2D eigenvalue weighted by Gasteiger charge is -2.14. The average molecular weight is 413 g/mol. The van der Waals surface area contributed by atoms with E-state index in [-0.39, 0.29) is 5.56 Å². The first-order chi connectivity index (χ1) is 13.7. The molecule has 0 radical (unpaired) electrons. The molecule has 4 rings (SSSR count). The van der Waals surface area contributed by atoms with Gasteiger partial charge in [0.25, 0.3) is 5.56 Å². The Morgan fingerprint density at radius 3 is 2.64 bits per heavy atom. The maximum Gasteiger partial charge on any atom is 0.257 e. The number of thioether (sulfide) groups is 1. The molecule has 1 aromatic heterocycles. The quantitative estimate of drug-likeness (QED) is 0.414. The third-order valence-electron chi connectivity index (χ3n) is 4.76. The van der Waals surface area contributed by atoms with Gasteiger partial charge in [-0.05, 0) is 49.1 Å². The van der Waals surface area contributed by atoms with E-state index in [4.69, 9.17) is 21.3 Å². The molecule has 0 saturated heterocycles. The van der Waals surface area contributed by atoms with E-state index in [9.17, 15) is 4.79 Å². The van der Waals surface area contributed by atoms with Crippen LogP contribution in [0, 0.1) is 0 Å². The Bertz CT molecular complexity index is 1000. The molecule has 0 aliphatic heterocycles. The lowest BCUT2D eigenvalue weighted by atomic mass is 10.2. The van der Waals surface area contributed by atoms with Crippen molar-refractivity contribution in [2.24, 2.45) is 0 Å². The fourth-order valence-corrected chi connectivity index (χ4v) is 4.44. The van der Waals surface area contributed by atoms with E-state index in [1.54, 1.807) is 28.5 Å². The molecule has 4 nitrogen and oxygen atoms in total. The molecular weight excluding hydrogens is 392 g/mol. The van der Waals surface area contributed by atoms with Crippen molar-refractivity contribution < 1.29 is 4.74 Å². The third kappa shape index (κ3) is 4.42. The number of fused-ring (bicyclic) bond motifs is 1. The van der Waals surface area contributed by atoms with Crippen LogP contribution in [0.25, 0.3) is 0 Å². The lowest BCUT2D eigenvalue weighted by molar-refractivity contribution is 0.289. The van der Waals surface area contributed by atoms with Crippen LogP contribution in [0.5, 0.6) is 5.75 Å². The van der Waals surface area contributed by atoms with Gasteiger partial charge in [-0.3, -0.25) is 9.36 Å². The van der Waals surface area contributed by atoms with Gasteiger partial charge in [0.15, 0.2) is 5.16 Å². The number of hydrogen-bond donors (Lipinski definition) is 0. The van der Waals surface area contributed by atoms with Gasteiger partial charge >= 0.3 is 0 Å². The van der Waals surface area contributed by atoms with Crippen molar-refractivity contribution in [2.45, 2.75) is 36.7 Å². The van der Waals surface area contributed by atoms with Crippen LogP contribution in [0.1, 0.15) is 23.2 Å². The van der Waals surface area contributed by atoms with Gasteiger partial charge in [0.05, 0.1) is 12.2 Å². The highest BCUT2D eigenvalue weighted by molar-refractivity contribution is 7.98. The zero-order chi connectivity index (χ0) is 19.3. The van der Waals surface area contributed by atoms with E-state index in [1.807, 2.05) is 30.3 Å². The van der Waals surface area contributed by atoms with Crippen LogP contribution in [-0.2, 0) is 25.1 Å². The second kappa shape index (κ2) is 8.84. The van der Waals surface area contributed by atoms with Crippen molar-refractivity contribution in [1.82, 2.24) is 9.55 Å². The van der Waals surface area contributed by atoms with Gasteiger partial charge in [-0.25, -0.2) is 4.98 Å². The van der Waals surface area contributed by atoms with Gasteiger partial charge in [-0.1, -0.05) is 53.7 Å². The lowest BCUT2D eigenvalue weighted by Crippen LogP contribution is -2.29. The van der Waals surface area contributed by atoms with Gasteiger partial charge in [-0.15, -0.1) is 0 Å². The summed E-state index contributed by atoms with van der Waals surface area (Å²) < 4.78 is 7.57. The highest BCUT2D eigenvalue weighted by Gasteiger charge is 2.21. The van der Waals surface area contributed by atoms with Crippen molar-refractivity contribution in [3.8, 4) is 5.75 Å². The Labute approximate surface area is 173 Å². The second-order valence-electron chi connectivity index (χ2n) is 6.71. The molecule has 2 aromatic carbocycles. The van der Waals surface area contributed by atoms with E-state index >= 15 is 0 Å². The second-order valence-corrected chi connectivity index (χ2v) is 8.09. The van der Waals surface area contributed by atoms with Crippen LogP contribution in [0.15, 0.2) is 64.5 Å². The Kier molecular flexibility index (Phi) is 6.03. The van der Waals surface area contributed by atoms with Crippen LogP contribution in [0.2, 0.25) is 5.02 Å². The minimum Gasteiger partial charge on any atom is -0.492 e. The van der Waals surface area contributed by atoms with Gasteiger partial charge < -0.3 is 4.74 Å². The molecule has 0 saturated carbocycles. The summed E-state index contributed by atoms with van der Waals surface area (Å²) in [5, 5.41) is 1.44. The molecule has 0 N–H and O–H groups in total. The summed E-state index contributed by atoms with van der Waals surface area (Å²) in [7, 11) is 0. The number of rotatable bonds is 7. The Hall–Kier alpha value is -2.24. The molecule has 0 amide bonds. The number of halogens is 1. The van der Waals surface area contributed by atoms with Crippen LogP contribution in [0.3, 0.4) is 0 Å². The van der Waals surface area contributed by atoms with Crippen LogP contribution in [-0.4, -0.2) is 16.2 Å². The van der Waals surface area contributed by atoms with Crippen LogP contribution < -0.4 is 10.3 Å². The number of aryl methyl sites for hydroxylation is 1. The minimum absolute atomic E-state index is 0.0813. The van der Waals surface area contributed by atoms with Crippen molar-refractivity contribution in [3.05, 3.63) is 86.8 Å². The van der Waals surface area contributed by atoms with Crippen molar-refractivity contribution in [2.75, 3.05) is 6.61 Å². The van der Waals surface area contributed by atoms with E-state index < -0.39 is 0 Å². The molecule has 0 fully saturated rings. The summed E-state index contributed by atoms with van der Waals surface area (Å²) in [6.45, 7) is 0.875. The first-order valence-electron chi connectivity index (χ1n) is 9.38. The van der Waals surface area contributed by atoms with Gasteiger partial charge in [0.2, 0.25) is 0 Å². The number of benzene rings is 2. The predicted octanol–water partition coefficient (Wildman–Crippen LogP) is 4.76. The largest absolute Gasteiger partial charge is 0.492 e. The smallest absolute Gasteiger partial charge is 0.257 e. The zero-order valence-corrected chi connectivity index (χ0v) is 17.0. The Morgan fingerprint density at radius 1 is 1.07 bits per heavy atom. The molecule has 6 heteroatoms. The first kappa shape index (κ1) is 19.1. The molecule has 0 spiro atoms. The Morgan fingerprint density at radius 2 is 1.86 bits per heavy atom. The van der Waals surface area contributed by atoms with E-state index in [0.717, 1.165) is 47.2 Å². The van der Waals surface area contributed by atoms with Crippen molar-refractivity contribution >= 4 is 23.4 Å². The molecule has 3 aromatic rings. The molecule has 1 aliphatic carbocycles. The molecular formula is C22H21ClN2O2S. The van der Waals surface area contributed by atoms with E-state index in [0.29, 0.717) is 18.2 Å². The van der Waals surface area contributed by atoms with Gasteiger partial charge in [-0.2, -0.15) is 0 Å². The van der Waals surface area contributed by atoms with Gasteiger partial charge in [0.1, 0.15) is 12.4 Å². The molecule has 0 bridgehead atoms. The van der Waals surface area contributed by atoms with Gasteiger partial charge in [0, 0.05) is 16.3 Å². The topological polar surface area (TPSA) is 44.1 Å². The van der Waals surface area contributed by atoms with Crippen molar-refractivity contribution in [3.63, 3.8) is 0 Å². The van der Waals surface area contributed by atoms with E-state index in [1.165, 1.54) is 5.56 Å². The summed E-state index contributed by atoms with van der Waals surface area (Å²) in [5.74, 6) is 1.52. The maximum absolute atomic E-state index is 13.0. The summed E-state index contributed by atoms with van der Waals surface area (Å²) in [6.07, 6.45) is 2.72. The summed E-state index contributed by atoms with van der Waals surface area (Å²) in [5.41, 5.74) is 3.13. The first-order valence-corrected chi connectivity index (χ1v) is 10.7. The summed E-state index contributed by atoms with van der Waals surface area (Å²) in [4.78, 5) is 17.8. The molecule has 0 unspecified atom stereocenters. The monoisotopic (exact) mass is 412 g/mol. The Balaban J connectivity index is 1.52. The standard InChI is InChI=1S/C22H21ClN2O2S/c23-17-9-11-18(12-10-17)27-14-13-25-21(26)19-7-4-8-20(19)24-22(25)28-15-16-5-2-1-3-6-16/h1-3,5-6,9-12H,4,7-8,13-15H2. The molecule has 1 heterocycles. The molecule has 1 aliphatic rings. The molecule has 0 atom stereocenters. The van der Waals surface area contributed by atoms with Crippen molar-refractivity contribution in [1.29, 1.82) is 0 Å². The highest BCUT2D eigenvalue weighted by atomic mass is 35.5. The maximum atomic E-state index is 13.0. The molecule has 28 heavy (non-hydrogen) atoms. The average Bonchev–Trinajstić information content (AvgIpc) is 3.19. The number of hydrogen-bond acceptors (Lipinski definition) is 4. The SMILES string of the molecule is O=c1c2c(nc(SCc3ccccc3)n1CCOc1ccc(Cl)cc1)CCC2. The minimum atomic E-state index is 0.0813. The number of aromatic nitrogens is 2. The summed E-state index contributed by atoms with van der Waals surface area (Å²) in [6, 6.07) is 17.5. The normalized spacial score (nSPS) is 12.8. The number of nitrogens with zero attached hydrogens (tertiary/aromatic N) is 2. The fraction of sp³-hybridized carbons (Fsp3) is 0.273. The van der Waals surface area contributed by atoms with Crippen LogP contribution in [0.4, 0.5) is 0 Å². The molecule has 144 valence electrons. The third-order valence-corrected chi connectivity index (χ3v) is 6.06. The predicted molar refractivity (Wildman–Crippen MR) is 113 cm³/mol. The zero-order valence-electron chi connectivity index (χ0n) is 15.4. The summed E-state index contributed by atoms with van der Waals surface area (Å²) >= 11 is 7.52. The highest BCUT2D eigenvalue weighted by Crippen LogP contribution is 2.24. The van der Waals surface area contributed by atoms with Crippen LogP contribution >= 0.6 is 23.4 Å². The van der Waals surface area contributed by atoms with E-state index in [2.05, 4.69) is 12.1 Å².